The highest BCUT2D eigenvalue weighted by Gasteiger charge is 2.24. The molecule has 0 N–H and O–H groups in total. The van der Waals surface area contributed by atoms with Crippen LogP contribution in [0, 0.1) is 20.8 Å². The topological polar surface area (TPSA) is 18.1 Å². The van der Waals surface area contributed by atoms with Crippen LogP contribution in [0.15, 0.2) is 77.2 Å². The summed E-state index contributed by atoms with van der Waals surface area (Å²) in [5, 5.41) is 5.17. The number of benzene rings is 4. The smallest absolute Gasteiger partial charge is 0.162 e. The van der Waals surface area contributed by atoms with Crippen molar-refractivity contribution in [3.63, 3.8) is 0 Å². The van der Waals surface area contributed by atoms with Crippen LogP contribution < -0.4 is 0 Å². The lowest BCUT2D eigenvalue weighted by molar-refractivity contribution is 0.677. The molecule has 6 aromatic heterocycles. The lowest BCUT2D eigenvalue weighted by Gasteiger charge is -2.07. The third-order valence-corrected chi connectivity index (χ3v) is 13.5. The highest BCUT2D eigenvalue weighted by molar-refractivity contribution is 7.43. The molecule has 0 atom stereocenters. The minimum Gasteiger partial charge on any atom is -0.452 e. The van der Waals surface area contributed by atoms with Gasteiger partial charge in [0.2, 0.25) is 0 Å². The highest BCUT2D eigenvalue weighted by Crippen LogP contribution is 2.52. The number of hydrogen-bond acceptors (Lipinski definition) is 5. The lowest BCUT2D eigenvalue weighted by atomic mass is 10.2. The predicted molar refractivity (Wildman–Crippen MR) is 184 cm³/mol. The quantitative estimate of drug-likeness (QED) is 0.184. The van der Waals surface area contributed by atoms with Gasteiger partial charge >= 0.3 is 0 Å². The molecule has 6 heterocycles. The highest BCUT2D eigenvalue weighted by atomic mass is 32.1. The SMILES string of the molecule is Cc1ccc(-n2c3cc(C)ccc3c3oc4c5cc6sc7c(sc8c9ccc(C)cc9sc87)c6cc5sc4c32)cc1. The van der Waals surface area contributed by atoms with Crippen molar-refractivity contribution < 1.29 is 4.42 Å². The lowest BCUT2D eigenvalue weighted by Crippen LogP contribution is -1.93. The fourth-order valence-corrected chi connectivity index (χ4v) is 12.0. The van der Waals surface area contributed by atoms with E-state index < -0.39 is 0 Å². The molecule has 0 saturated heterocycles. The molecule has 0 aliphatic heterocycles. The van der Waals surface area contributed by atoms with Crippen LogP contribution in [0.1, 0.15) is 16.7 Å². The first kappa shape index (κ1) is 22.9. The Morgan fingerprint density at radius 2 is 1.10 bits per heavy atom. The average Bonchev–Trinajstić information content (AvgIpc) is 3.77. The number of nitrogens with zero attached hydrogens (tertiary/aromatic N) is 1. The monoisotopic (exact) mass is 599 g/mol. The van der Waals surface area contributed by atoms with Crippen molar-refractivity contribution >= 4 is 127 Å². The van der Waals surface area contributed by atoms with E-state index in [2.05, 4.69) is 98.1 Å². The van der Waals surface area contributed by atoms with E-state index >= 15 is 0 Å². The van der Waals surface area contributed by atoms with Gasteiger partial charge in [-0.1, -0.05) is 35.9 Å². The van der Waals surface area contributed by atoms with E-state index in [9.17, 15) is 0 Å². The number of rotatable bonds is 1. The van der Waals surface area contributed by atoms with Gasteiger partial charge in [-0.15, -0.1) is 45.3 Å². The molecule has 0 radical (unpaired) electrons. The predicted octanol–water partition coefficient (Wildman–Crippen LogP) is 12.5. The molecule has 10 rings (SSSR count). The van der Waals surface area contributed by atoms with E-state index in [0.717, 1.165) is 11.2 Å². The van der Waals surface area contributed by atoms with Crippen molar-refractivity contribution in [3.05, 3.63) is 89.5 Å². The molecule has 41 heavy (non-hydrogen) atoms. The van der Waals surface area contributed by atoms with Crippen molar-refractivity contribution in [1.29, 1.82) is 0 Å². The Balaban J connectivity index is 1.29. The van der Waals surface area contributed by atoms with Gasteiger partial charge in [0.25, 0.3) is 0 Å². The summed E-state index contributed by atoms with van der Waals surface area (Å²) in [7, 11) is 0. The van der Waals surface area contributed by atoms with E-state index in [1.54, 1.807) is 0 Å². The Morgan fingerprint density at radius 1 is 0.488 bits per heavy atom. The molecule has 196 valence electrons. The third-order valence-electron chi connectivity index (χ3n) is 8.41. The molecule has 2 nitrogen and oxygen atoms in total. The van der Waals surface area contributed by atoms with Crippen molar-refractivity contribution in [2.24, 2.45) is 0 Å². The van der Waals surface area contributed by atoms with Crippen molar-refractivity contribution in [2.45, 2.75) is 20.8 Å². The van der Waals surface area contributed by atoms with Crippen LogP contribution in [0.2, 0.25) is 0 Å². The number of aromatic nitrogens is 1. The van der Waals surface area contributed by atoms with Crippen molar-refractivity contribution in [3.8, 4) is 5.69 Å². The van der Waals surface area contributed by atoms with Gasteiger partial charge in [0.1, 0.15) is 5.52 Å². The van der Waals surface area contributed by atoms with Gasteiger partial charge in [0.05, 0.1) is 29.0 Å². The van der Waals surface area contributed by atoms with Crippen LogP contribution in [0.5, 0.6) is 0 Å². The molecule has 0 bridgehead atoms. The average molecular weight is 600 g/mol. The fourth-order valence-electron chi connectivity index (χ4n) is 6.42. The van der Waals surface area contributed by atoms with Gasteiger partial charge in [-0.2, -0.15) is 0 Å². The molecule has 0 aliphatic rings. The molecule has 0 unspecified atom stereocenters. The molecule has 0 amide bonds. The zero-order valence-electron chi connectivity index (χ0n) is 22.4. The second kappa shape index (κ2) is 7.78. The van der Waals surface area contributed by atoms with Crippen LogP contribution in [0.25, 0.3) is 87.0 Å². The van der Waals surface area contributed by atoms with Gasteiger partial charge in [0.15, 0.2) is 11.2 Å². The van der Waals surface area contributed by atoms with Crippen LogP contribution in [-0.2, 0) is 0 Å². The summed E-state index contributed by atoms with van der Waals surface area (Å²) < 4.78 is 20.2. The Hall–Kier alpha value is -3.68. The van der Waals surface area contributed by atoms with E-state index in [0.29, 0.717) is 0 Å². The van der Waals surface area contributed by atoms with Gasteiger partial charge in [-0.25, -0.2) is 0 Å². The minimum atomic E-state index is 0.985. The molecule has 6 heteroatoms. The molecule has 0 saturated carbocycles. The molecular formula is C35H21NOS4. The normalized spacial score (nSPS) is 12.8. The standard InChI is InChI=1S/C35H21NOS4/c1-16-4-8-19(9-5-16)36-24-12-17(2)6-10-20(24)29-28(36)33-30(37-29)22-14-27-23(15-26(22)38-33)32-35(40-27)34-31(41-32)21-11-7-18(3)13-25(21)39-34/h4-15H,1-3H3. The summed E-state index contributed by atoms with van der Waals surface area (Å²) in [6.07, 6.45) is 0. The third kappa shape index (κ3) is 2.96. The summed E-state index contributed by atoms with van der Waals surface area (Å²) in [6.45, 7) is 6.48. The largest absolute Gasteiger partial charge is 0.452 e. The van der Waals surface area contributed by atoms with Crippen LogP contribution >= 0.6 is 45.3 Å². The first-order chi connectivity index (χ1) is 20.0. The summed E-state index contributed by atoms with van der Waals surface area (Å²) in [4.78, 5) is 0. The molecule has 4 aromatic carbocycles. The number of aryl methyl sites for hydroxylation is 3. The summed E-state index contributed by atoms with van der Waals surface area (Å²) in [6, 6.07) is 27.2. The molecule has 0 spiro atoms. The second-order valence-corrected chi connectivity index (χ2v) is 15.4. The number of fused-ring (bicyclic) bond motifs is 14. The molecular weight excluding hydrogens is 579 g/mol. The molecule has 0 fully saturated rings. The maximum atomic E-state index is 6.81. The van der Waals surface area contributed by atoms with E-state index in [1.807, 2.05) is 45.3 Å². The van der Waals surface area contributed by atoms with Gasteiger partial charge in [-0.05, 0) is 74.4 Å². The first-order valence-corrected chi connectivity index (χ1v) is 16.9. The van der Waals surface area contributed by atoms with Gasteiger partial charge in [-0.3, -0.25) is 0 Å². The first-order valence-electron chi connectivity index (χ1n) is 13.7. The molecule has 0 aliphatic carbocycles. The van der Waals surface area contributed by atoms with E-state index in [4.69, 9.17) is 4.42 Å². The number of thiophene rings is 4. The maximum absolute atomic E-state index is 6.81. The van der Waals surface area contributed by atoms with Crippen molar-refractivity contribution in [2.75, 3.05) is 0 Å². The van der Waals surface area contributed by atoms with Crippen LogP contribution in [0.3, 0.4) is 0 Å². The number of furan rings is 1. The fraction of sp³-hybridized carbons (Fsp3) is 0.0857. The van der Waals surface area contributed by atoms with E-state index in [-0.39, 0.29) is 0 Å². The Kier molecular flexibility index (Phi) is 4.35. The van der Waals surface area contributed by atoms with Crippen LogP contribution in [0.4, 0.5) is 0 Å². The van der Waals surface area contributed by atoms with Gasteiger partial charge in [0, 0.05) is 41.3 Å². The zero-order chi connectivity index (χ0) is 27.1. The zero-order valence-corrected chi connectivity index (χ0v) is 25.7. The second-order valence-electron chi connectivity index (χ2n) is 11.2. The summed E-state index contributed by atoms with van der Waals surface area (Å²) >= 11 is 7.71. The minimum absolute atomic E-state index is 0.985. The van der Waals surface area contributed by atoms with Crippen LogP contribution in [-0.4, -0.2) is 4.57 Å². The summed E-state index contributed by atoms with van der Waals surface area (Å²) in [5.41, 5.74) is 9.39. The summed E-state index contributed by atoms with van der Waals surface area (Å²) in [5.74, 6) is 0. The van der Waals surface area contributed by atoms with Gasteiger partial charge < -0.3 is 8.98 Å². The Bertz CT molecular complexity index is 2720. The maximum Gasteiger partial charge on any atom is 0.162 e. The Morgan fingerprint density at radius 3 is 1.90 bits per heavy atom. The molecule has 10 aromatic rings. The Labute approximate surface area is 250 Å². The number of hydrogen-bond donors (Lipinski definition) is 0. The van der Waals surface area contributed by atoms with E-state index in [1.165, 1.54) is 92.6 Å². The van der Waals surface area contributed by atoms with Crippen molar-refractivity contribution in [1.82, 2.24) is 4.57 Å².